The van der Waals surface area contributed by atoms with Gasteiger partial charge in [-0.2, -0.15) is 0 Å². The van der Waals surface area contributed by atoms with Gasteiger partial charge in [-0.1, -0.05) is 37.3 Å². The number of ether oxygens (including phenoxy) is 1. The van der Waals surface area contributed by atoms with Gasteiger partial charge in [-0.05, 0) is 49.1 Å². The number of nitrogens with two attached hydrogens (primary N) is 1. The standard InChI is InChI=1S/C27H35N3O4S/c1-4-35(32,33)23-10-6-9-21(17-23)11-12-26(31)30-15-13-22(14-16-30)34-25(29)18-24(28)27-19(2)7-5-8-20(27)3/h5-10,17-18,22,28H,4,11-16,29H2,1-3H3/b25-18+,28-24?. The predicted octanol–water partition coefficient (Wildman–Crippen LogP) is 3.91. The Kier molecular flexibility index (Phi) is 8.72. The Morgan fingerprint density at radius 2 is 1.77 bits per heavy atom. The van der Waals surface area contributed by atoms with Gasteiger partial charge in [0.25, 0.3) is 0 Å². The normalized spacial score (nSPS) is 15.2. The number of nitrogens with one attached hydrogen (secondary N) is 1. The van der Waals surface area contributed by atoms with Crippen molar-refractivity contribution in [2.45, 2.75) is 57.5 Å². The van der Waals surface area contributed by atoms with Crippen molar-refractivity contribution in [1.82, 2.24) is 4.90 Å². The maximum atomic E-state index is 12.7. The van der Waals surface area contributed by atoms with Crippen LogP contribution >= 0.6 is 0 Å². The number of aryl methyl sites for hydroxylation is 3. The van der Waals surface area contributed by atoms with Gasteiger partial charge in [0.05, 0.1) is 16.4 Å². The summed E-state index contributed by atoms with van der Waals surface area (Å²) >= 11 is 0. The topological polar surface area (TPSA) is 114 Å². The number of carbonyl (C=O) groups is 1. The number of rotatable bonds is 9. The van der Waals surface area contributed by atoms with Crippen molar-refractivity contribution < 1.29 is 17.9 Å². The number of hydrogen-bond donors (Lipinski definition) is 2. The number of likely N-dealkylation sites (tertiary alicyclic amines) is 1. The minimum Gasteiger partial charge on any atom is -0.476 e. The zero-order chi connectivity index (χ0) is 25.6. The Hall–Kier alpha value is -3.13. The molecule has 35 heavy (non-hydrogen) atoms. The van der Waals surface area contributed by atoms with E-state index in [-0.39, 0.29) is 23.6 Å². The van der Waals surface area contributed by atoms with E-state index in [9.17, 15) is 13.2 Å². The van der Waals surface area contributed by atoms with Crippen molar-refractivity contribution in [2.24, 2.45) is 5.73 Å². The van der Waals surface area contributed by atoms with Crippen LogP contribution in [0, 0.1) is 19.3 Å². The first-order valence-corrected chi connectivity index (χ1v) is 13.6. The summed E-state index contributed by atoms with van der Waals surface area (Å²) in [6.45, 7) is 6.72. The van der Waals surface area contributed by atoms with Gasteiger partial charge in [0.15, 0.2) is 15.7 Å². The lowest BCUT2D eigenvalue weighted by atomic mass is 9.98. The monoisotopic (exact) mass is 497 g/mol. The molecule has 1 aliphatic heterocycles. The van der Waals surface area contributed by atoms with Crippen molar-refractivity contribution >= 4 is 21.5 Å². The first-order chi connectivity index (χ1) is 16.6. The second kappa shape index (κ2) is 11.5. The van der Waals surface area contributed by atoms with E-state index in [0.29, 0.717) is 49.4 Å². The maximum absolute atomic E-state index is 12.7. The Morgan fingerprint density at radius 3 is 2.40 bits per heavy atom. The van der Waals surface area contributed by atoms with Gasteiger partial charge in [-0.25, -0.2) is 8.42 Å². The molecule has 188 valence electrons. The SMILES string of the molecule is CCS(=O)(=O)c1cccc(CCC(=O)N2CCC(O/C(N)=C/C(=N)c3c(C)cccc3C)CC2)c1. The molecule has 3 N–H and O–H groups in total. The van der Waals surface area contributed by atoms with E-state index >= 15 is 0 Å². The third-order valence-electron chi connectivity index (χ3n) is 6.40. The van der Waals surface area contributed by atoms with Crippen molar-refractivity contribution in [1.29, 1.82) is 5.41 Å². The highest BCUT2D eigenvalue weighted by molar-refractivity contribution is 7.91. The Balaban J connectivity index is 1.49. The van der Waals surface area contributed by atoms with Crippen LogP contribution in [0.15, 0.2) is 59.3 Å². The van der Waals surface area contributed by atoms with Crippen molar-refractivity contribution in [3.8, 4) is 0 Å². The average Bonchev–Trinajstić information content (AvgIpc) is 2.83. The summed E-state index contributed by atoms with van der Waals surface area (Å²) in [6, 6.07) is 12.7. The fourth-order valence-electron chi connectivity index (χ4n) is 4.37. The van der Waals surface area contributed by atoms with Crippen LogP contribution in [-0.4, -0.2) is 49.9 Å². The molecule has 0 aromatic heterocycles. The summed E-state index contributed by atoms with van der Waals surface area (Å²) in [5.74, 6) is 0.315. The lowest BCUT2D eigenvalue weighted by molar-refractivity contribution is -0.133. The zero-order valence-corrected chi connectivity index (χ0v) is 21.5. The van der Waals surface area contributed by atoms with Gasteiger partial charge in [0.2, 0.25) is 5.91 Å². The van der Waals surface area contributed by atoms with Gasteiger partial charge in [0, 0.05) is 44.0 Å². The lowest BCUT2D eigenvalue weighted by Gasteiger charge is -2.32. The van der Waals surface area contributed by atoms with Gasteiger partial charge in [-0.15, -0.1) is 0 Å². The van der Waals surface area contributed by atoms with Gasteiger partial charge >= 0.3 is 0 Å². The molecule has 2 aromatic rings. The van der Waals surface area contributed by atoms with Gasteiger partial charge in [-0.3, -0.25) is 4.79 Å². The van der Waals surface area contributed by atoms with Crippen LogP contribution in [-0.2, 0) is 25.8 Å². The molecule has 1 aliphatic rings. The van der Waals surface area contributed by atoms with E-state index in [1.165, 1.54) is 0 Å². The van der Waals surface area contributed by atoms with Gasteiger partial charge in [0.1, 0.15) is 6.10 Å². The Bertz CT molecular complexity index is 1190. The fourth-order valence-corrected chi connectivity index (χ4v) is 5.32. The molecule has 0 saturated carbocycles. The third kappa shape index (κ3) is 6.94. The van der Waals surface area contributed by atoms with E-state index < -0.39 is 9.84 Å². The number of allylic oxidation sites excluding steroid dienone is 1. The van der Waals surface area contributed by atoms with Crippen molar-refractivity contribution in [2.75, 3.05) is 18.8 Å². The van der Waals surface area contributed by atoms with E-state index in [2.05, 4.69) is 0 Å². The molecular formula is C27H35N3O4S. The Labute approximate surface area is 208 Å². The molecule has 7 nitrogen and oxygen atoms in total. The van der Waals surface area contributed by atoms with Crippen LogP contribution in [0.3, 0.4) is 0 Å². The molecule has 1 fully saturated rings. The van der Waals surface area contributed by atoms with E-state index in [1.54, 1.807) is 31.2 Å². The molecule has 0 aliphatic carbocycles. The number of sulfone groups is 1. The predicted molar refractivity (Wildman–Crippen MR) is 138 cm³/mol. The van der Waals surface area contributed by atoms with Crippen LogP contribution in [0.1, 0.15) is 48.4 Å². The summed E-state index contributed by atoms with van der Waals surface area (Å²) < 4.78 is 30.1. The molecule has 0 radical (unpaired) electrons. The molecule has 0 spiro atoms. The second-order valence-electron chi connectivity index (χ2n) is 8.98. The minimum atomic E-state index is -3.26. The summed E-state index contributed by atoms with van der Waals surface area (Å²) in [6.07, 6.45) is 3.62. The molecular weight excluding hydrogens is 462 g/mol. The van der Waals surface area contributed by atoms with Crippen molar-refractivity contribution in [3.63, 3.8) is 0 Å². The summed E-state index contributed by atoms with van der Waals surface area (Å²) in [5, 5.41) is 8.40. The fraction of sp³-hybridized carbons (Fsp3) is 0.407. The molecule has 8 heteroatoms. The Morgan fingerprint density at radius 1 is 1.14 bits per heavy atom. The minimum absolute atomic E-state index is 0.0486. The third-order valence-corrected chi connectivity index (χ3v) is 8.13. The summed E-state index contributed by atoms with van der Waals surface area (Å²) in [5.41, 5.74) is 10.1. The summed E-state index contributed by atoms with van der Waals surface area (Å²) in [4.78, 5) is 14.8. The molecule has 1 saturated heterocycles. The highest BCUT2D eigenvalue weighted by Crippen LogP contribution is 2.20. The number of hydrogen-bond acceptors (Lipinski definition) is 6. The molecule has 3 rings (SSSR count). The average molecular weight is 498 g/mol. The van der Waals surface area contributed by atoms with Crippen LogP contribution in [0.4, 0.5) is 0 Å². The number of benzene rings is 2. The van der Waals surface area contributed by atoms with Crippen molar-refractivity contribution in [3.05, 3.63) is 76.7 Å². The first kappa shape index (κ1) is 26.5. The number of carbonyl (C=O) groups excluding carboxylic acids is 1. The van der Waals surface area contributed by atoms with E-state index in [0.717, 1.165) is 22.3 Å². The smallest absolute Gasteiger partial charge is 0.222 e. The number of nitrogens with zero attached hydrogens (tertiary/aromatic N) is 1. The van der Waals surface area contributed by atoms with Crippen LogP contribution < -0.4 is 5.73 Å². The number of amides is 1. The van der Waals surface area contributed by atoms with Crippen LogP contribution in [0.2, 0.25) is 0 Å². The van der Waals surface area contributed by atoms with E-state index in [1.807, 2.05) is 43.0 Å². The van der Waals surface area contributed by atoms with Crippen LogP contribution in [0.25, 0.3) is 0 Å². The van der Waals surface area contributed by atoms with E-state index in [4.69, 9.17) is 15.9 Å². The lowest BCUT2D eigenvalue weighted by Crippen LogP contribution is -2.41. The quantitative estimate of drug-likeness (QED) is 0.403. The molecule has 1 amide bonds. The second-order valence-corrected chi connectivity index (χ2v) is 11.3. The molecule has 0 bridgehead atoms. The maximum Gasteiger partial charge on any atom is 0.222 e. The molecule has 0 atom stereocenters. The molecule has 0 unspecified atom stereocenters. The van der Waals surface area contributed by atoms with Crippen LogP contribution in [0.5, 0.6) is 0 Å². The van der Waals surface area contributed by atoms with Gasteiger partial charge < -0.3 is 20.8 Å². The highest BCUT2D eigenvalue weighted by Gasteiger charge is 2.24. The first-order valence-electron chi connectivity index (χ1n) is 12.0. The highest BCUT2D eigenvalue weighted by atomic mass is 32.2. The zero-order valence-electron chi connectivity index (χ0n) is 20.7. The largest absolute Gasteiger partial charge is 0.476 e. The number of piperidine rings is 1. The summed E-state index contributed by atoms with van der Waals surface area (Å²) in [7, 11) is -3.26. The molecule has 1 heterocycles. The molecule has 2 aromatic carbocycles.